The monoisotopic (exact) mass is 540 g/mol. The van der Waals surface area contributed by atoms with Gasteiger partial charge in [0.25, 0.3) is 0 Å². The molecular weight excluding hydrogens is 507 g/mol. The van der Waals surface area contributed by atoms with Crippen molar-refractivity contribution < 1.29 is 14.3 Å². The van der Waals surface area contributed by atoms with Crippen LogP contribution < -0.4 is 10.2 Å². The zero-order chi connectivity index (χ0) is 27.2. The zero-order valence-electron chi connectivity index (χ0n) is 22.3. The number of rotatable bonds is 6. The molecule has 8 rings (SSSR count). The zero-order valence-corrected chi connectivity index (χ0v) is 22.3. The fourth-order valence-corrected chi connectivity index (χ4v) is 7.13. The van der Waals surface area contributed by atoms with Gasteiger partial charge in [0.05, 0.1) is 17.8 Å². The molecule has 9 heteroatoms. The van der Waals surface area contributed by atoms with Crippen molar-refractivity contribution in [3.8, 4) is 22.6 Å². The van der Waals surface area contributed by atoms with Gasteiger partial charge in [-0.2, -0.15) is 0 Å². The topological polar surface area (TPSA) is 107 Å². The Labute approximate surface area is 232 Å². The fourth-order valence-electron chi connectivity index (χ4n) is 7.13. The van der Waals surface area contributed by atoms with E-state index >= 15 is 0 Å². The Hall–Kier alpha value is -4.01. The summed E-state index contributed by atoms with van der Waals surface area (Å²) >= 11 is 0. The van der Waals surface area contributed by atoms with E-state index in [1.165, 1.54) is 37.2 Å². The third kappa shape index (κ3) is 4.57. The van der Waals surface area contributed by atoms with E-state index in [0.29, 0.717) is 34.2 Å². The van der Waals surface area contributed by atoms with Gasteiger partial charge in [-0.15, -0.1) is 0 Å². The molecule has 2 unspecified atom stereocenters. The maximum atomic E-state index is 14.1. The molecule has 2 atom stereocenters. The number of halogens is 1. The second-order valence-corrected chi connectivity index (χ2v) is 11.5. The van der Waals surface area contributed by atoms with E-state index in [1.54, 1.807) is 6.20 Å². The number of carboxylic acid groups (broad SMARTS) is 1. The number of anilines is 2. The lowest BCUT2D eigenvalue weighted by Crippen LogP contribution is -2.51. The summed E-state index contributed by atoms with van der Waals surface area (Å²) in [6, 6.07) is 11.6. The van der Waals surface area contributed by atoms with E-state index in [0.717, 1.165) is 50.0 Å². The number of piperidine rings is 1. The molecular formula is C31H33FN6O2. The SMILES string of the molecule is O=C(O)C1C2CCC(CC2)C1Nc1cc(-c2ccc(N3CCCCC3)cc2)nc(-c2c[nH]c3ncc(F)cc23)n1. The molecule has 8 nitrogen and oxygen atoms in total. The number of fused-ring (bicyclic) bond motifs is 4. The number of hydrogen-bond acceptors (Lipinski definition) is 6. The molecule has 4 aliphatic rings. The molecule has 4 heterocycles. The van der Waals surface area contributed by atoms with Crippen molar-refractivity contribution in [1.82, 2.24) is 19.9 Å². The first-order valence-electron chi connectivity index (χ1n) is 14.4. The van der Waals surface area contributed by atoms with Crippen molar-refractivity contribution in [2.24, 2.45) is 17.8 Å². The highest BCUT2D eigenvalue weighted by atomic mass is 19.1. The van der Waals surface area contributed by atoms with Gasteiger partial charge in [0.15, 0.2) is 5.82 Å². The van der Waals surface area contributed by atoms with Gasteiger partial charge in [-0.25, -0.2) is 19.3 Å². The van der Waals surface area contributed by atoms with Crippen LogP contribution in [0.1, 0.15) is 44.9 Å². The first-order chi connectivity index (χ1) is 19.5. The lowest BCUT2D eigenvalue weighted by Gasteiger charge is -2.47. The molecule has 4 aromatic rings. The van der Waals surface area contributed by atoms with Crippen molar-refractivity contribution in [2.75, 3.05) is 23.3 Å². The number of carboxylic acids is 1. The second kappa shape index (κ2) is 10.2. The van der Waals surface area contributed by atoms with Crippen LogP contribution in [0.25, 0.3) is 33.7 Å². The van der Waals surface area contributed by atoms with Crippen molar-refractivity contribution >= 4 is 28.5 Å². The van der Waals surface area contributed by atoms with E-state index < -0.39 is 17.7 Å². The van der Waals surface area contributed by atoms with E-state index in [9.17, 15) is 14.3 Å². The van der Waals surface area contributed by atoms with E-state index in [2.05, 4.69) is 44.5 Å². The molecule has 1 aliphatic heterocycles. The molecule has 3 N–H and O–H groups in total. The second-order valence-electron chi connectivity index (χ2n) is 11.5. The Bertz CT molecular complexity index is 1540. The summed E-state index contributed by atoms with van der Waals surface area (Å²) in [5.41, 5.74) is 4.08. The Morgan fingerprint density at radius 3 is 2.50 bits per heavy atom. The van der Waals surface area contributed by atoms with Crippen molar-refractivity contribution in [3.05, 3.63) is 54.6 Å². The van der Waals surface area contributed by atoms with E-state index in [1.807, 2.05) is 6.07 Å². The largest absolute Gasteiger partial charge is 0.481 e. The lowest BCUT2D eigenvalue weighted by atomic mass is 9.61. The Morgan fingerprint density at radius 1 is 1.00 bits per heavy atom. The molecule has 3 aromatic heterocycles. The summed E-state index contributed by atoms with van der Waals surface area (Å²) in [6.07, 6.45) is 10.6. The Kier molecular flexibility index (Phi) is 6.37. The normalized spacial score (nSPS) is 24.4. The minimum Gasteiger partial charge on any atom is -0.481 e. The molecule has 206 valence electrons. The standard InChI is InChI=1S/C31H33FN6O2/c32-21-14-23-24(17-34-29(23)33-16-21)30-35-25(18-8-10-22(11-9-18)38-12-2-1-3-13-38)15-26(37-30)36-28-20-6-4-19(5-7-20)27(28)31(39)40/h8-11,14-17,19-20,27-28H,1-7,12-13H2,(H,33,34)(H,39,40)(H,35,36,37). The summed E-state index contributed by atoms with van der Waals surface area (Å²) in [4.78, 5) is 31.7. The van der Waals surface area contributed by atoms with Crippen molar-refractivity contribution in [1.29, 1.82) is 0 Å². The molecule has 40 heavy (non-hydrogen) atoms. The van der Waals surface area contributed by atoms with Gasteiger partial charge >= 0.3 is 5.97 Å². The number of benzene rings is 1. The molecule has 0 spiro atoms. The fraction of sp³-hybridized carbons (Fsp3) is 0.419. The maximum Gasteiger partial charge on any atom is 0.308 e. The van der Waals surface area contributed by atoms with Crippen molar-refractivity contribution in [2.45, 2.75) is 51.0 Å². The van der Waals surface area contributed by atoms with Crippen LogP contribution in [0.3, 0.4) is 0 Å². The summed E-state index contributed by atoms with van der Waals surface area (Å²) in [7, 11) is 0. The number of hydrogen-bond donors (Lipinski definition) is 3. The predicted octanol–water partition coefficient (Wildman–Crippen LogP) is 6.12. The first kappa shape index (κ1) is 25.0. The quantitative estimate of drug-likeness (QED) is 0.271. The average Bonchev–Trinajstić information content (AvgIpc) is 3.41. The van der Waals surface area contributed by atoms with Crippen LogP contribution in [0, 0.1) is 23.6 Å². The Morgan fingerprint density at radius 2 is 1.75 bits per heavy atom. The van der Waals surface area contributed by atoms with Gasteiger partial charge in [-0.05, 0) is 75.0 Å². The highest BCUT2D eigenvalue weighted by molar-refractivity contribution is 5.92. The number of aromatic amines is 1. The van der Waals surface area contributed by atoms with Crippen LogP contribution in [-0.4, -0.2) is 50.1 Å². The van der Waals surface area contributed by atoms with Gasteiger partial charge < -0.3 is 20.3 Å². The first-order valence-corrected chi connectivity index (χ1v) is 14.4. The number of aliphatic carboxylic acids is 1. The van der Waals surface area contributed by atoms with Crippen LogP contribution in [0.4, 0.5) is 15.9 Å². The van der Waals surface area contributed by atoms with Crippen LogP contribution in [0.2, 0.25) is 0 Å². The average molecular weight is 541 g/mol. The third-order valence-corrected chi connectivity index (χ3v) is 9.17. The number of H-pyrrole nitrogens is 1. The summed E-state index contributed by atoms with van der Waals surface area (Å²) in [5, 5.41) is 14.2. The highest BCUT2D eigenvalue weighted by Crippen LogP contribution is 2.46. The smallest absolute Gasteiger partial charge is 0.308 e. The van der Waals surface area contributed by atoms with Gasteiger partial charge in [0.1, 0.15) is 17.3 Å². The minimum atomic E-state index is -0.743. The van der Waals surface area contributed by atoms with Crippen LogP contribution in [-0.2, 0) is 4.79 Å². The molecule has 2 bridgehead atoms. The molecule has 3 aliphatic carbocycles. The molecule has 0 radical (unpaired) electrons. The third-order valence-electron chi connectivity index (χ3n) is 9.17. The highest BCUT2D eigenvalue weighted by Gasteiger charge is 2.47. The summed E-state index contributed by atoms with van der Waals surface area (Å²) in [5.74, 6) is -0.112. The van der Waals surface area contributed by atoms with Gasteiger partial charge in [0.2, 0.25) is 0 Å². The van der Waals surface area contributed by atoms with Crippen LogP contribution in [0.5, 0.6) is 0 Å². The van der Waals surface area contributed by atoms with Crippen LogP contribution >= 0.6 is 0 Å². The van der Waals surface area contributed by atoms with E-state index in [4.69, 9.17) is 9.97 Å². The van der Waals surface area contributed by atoms with Gasteiger partial charge in [0, 0.05) is 53.6 Å². The molecule has 1 saturated heterocycles. The molecule has 4 fully saturated rings. The summed E-state index contributed by atoms with van der Waals surface area (Å²) < 4.78 is 14.1. The number of nitrogens with zero attached hydrogens (tertiary/aromatic N) is 4. The number of carbonyl (C=O) groups is 1. The summed E-state index contributed by atoms with van der Waals surface area (Å²) in [6.45, 7) is 2.15. The van der Waals surface area contributed by atoms with E-state index in [-0.39, 0.29) is 12.0 Å². The number of aromatic nitrogens is 4. The number of pyridine rings is 1. The maximum absolute atomic E-state index is 14.1. The van der Waals surface area contributed by atoms with Crippen LogP contribution in [0.15, 0.2) is 48.8 Å². The minimum absolute atomic E-state index is 0.186. The van der Waals surface area contributed by atoms with Gasteiger partial charge in [-0.1, -0.05) is 12.1 Å². The molecule has 3 saturated carbocycles. The van der Waals surface area contributed by atoms with Gasteiger partial charge in [-0.3, -0.25) is 4.79 Å². The molecule has 0 amide bonds. The number of nitrogens with one attached hydrogen (secondary N) is 2. The lowest BCUT2D eigenvalue weighted by molar-refractivity contribution is -0.148. The molecule has 1 aromatic carbocycles. The Balaban J connectivity index is 1.29. The van der Waals surface area contributed by atoms with Crippen molar-refractivity contribution in [3.63, 3.8) is 0 Å². The predicted molar refractivity (Wildman–Crippen MR) is 153 cm³/mol.